The molecule has 1 amide bonds. The van der Waals surface area contributed by atoms with Gasteiger partial charge in [0.25, 0.3) is 5.91 Å². The van der Waals surface area contributed by atoms with E-state index in [0.29, 0.717) is 18.9 Å². The van der Waals surface area contributed by atoms with Crippen LogP contribution in [-0.2, 0) is 4.79 Å². The lowest BCUT2D eigenvalue weighted by Gasteiger charge is -2.10. The number of hydrogen-bond donors (Lipinski definition) is 1. The van der Waals surface area contributed by atoms with E-state index in [1.54, 1.807) is 30.3 Å². The van der Waals surface area contributed by atoms with Crippen LogP contribution in [0.4, 0.5) is 5.69 Å². The Balaban J connectivity index is 2.20. The first-order valence-electron chi connectivity index (χ1n) is 8.26. The molecule has 2 aromatic rings. The summed E-state index contributed by atoms with van der Waals surface area (Å²) in [7, 11) is 0. The van der Waals surface area contributed by atoms with Gasteiger partial charge in [0, 0.05) is 5.69 Å². The van der Waals surface area contributed by atoms with Crippen LogP contribution in [0.1, 0.15) is 19.4 Å². The highest BCUT2D eigenvalue weighted by molar-refractivity contribution is 14.1. The van der Waals surface area contributed by atoms with E-state index in [1.165, 1.54) is 0 Å². The van der Waals surface area contributed by atoms with E-state index in [0.717, 1.165) is 25.1 Å². The van der Waals surface area contributed by atoms with Gasteiger partial charge in [-0.25, -0.2) is 0 Å². The number of nitriles is 1. The van der Waals surface area contributed by atoms with Crippen molar-refractivity contribution in [1.29, 1.82) is 5.26 Å². The summed E-state index contributed by atoms with van der Waals surface area (Å²) < 4.78 is 12.6. The van der Waals surface area contributed by atoms with Crippen molar-refractivity contribution in [1.82, 2.24) is 0 Å². The minimum atomic E-state index is -0.471. The molecular weight excluding hydrogens is 523 g/mol. The Kier molecular flexibility index (Phi) is 8.13. The number of carbonyl (C=O) groups excluding carboxylic acids is 1. The number of nitrogens with zero attached hydrogens (tertiary/aromatic N) is 1. The minimum absolute atomic E-state index is 0.00995. The lowest BCUT2D eigenvalue weighted by molar-refractivity contribution is -0.112. The fourth-order valence-electron chi connectivity index (χ4n) is 2.26. The molecule has 0 saturated carbocycles. The Morgan fingerprint density at radius 1 is 1.22 bits per heavy atom. The summed E-state index contributed by atoms with van der Waals surface area (Å²) in [6, 6.07) is 12.6. The van der Waals surface area contributed by atoms with Gasteiger partial charge in [-0.2, -0.15) is 5.26 Å². The predicted molar refractivity (Wildman–Crippen MR) is 118 cm³/mol. The van der Waals surface area contributed by atoms with Crippen LogP contribution in [0.15, 0.2) is 46.4 Å². The first-order chi connectivity index (χ1) is 13.0. The second kappa shape index (κ2) is 10.3. The number of ether oxygens (including phenoxy) is 2. The quantitative estimate of drug-likeness (QED) is 0.290. The number of carbonyl (C=O) groups is 1. The summed E-state index contributed by atoms with van der Waals surface area (Å²) >= 11 is 5.63. The minimum Gasteiger partial charge on any atom is -0.494 e. The Hall–Kier alpha value is -2.05. The van der Waals surface area contributed by atoms with E-state index in [1.807, 2.05) is 32.0 Å². The summed E-state index contributed by atoms with van der Waals surface area (Å²) in [5.74, 6) is 0.995. The van der Waals surface area contributed by atoms with Crippen molar-refractivity contribution in [2.24, 2.45) is 0 Å². The molecule has 0 atom stereocenters. The number of anilines is 1. The smallest absolute Gasteiger partial charge is 0.266 e. The Bertz CT molecular complexity index is 866. The topological polar surface area (TPSA) is 71.3 Å². The standard InChI is InChI=1S/C20H18BrIN2O3/c1-3-26-16-7-5-15(6-8-16)24-20(25)14(12-23)9-13-10-17(21)19(27-4-2)18(22)11-13/h5-11H,3-4H2,1-2H3,(H,24,25)/b14-9-. The molecule has 0 saturated heterocycles. The average molecular weight is 541 g/mol. The maximum Gasteiger partial charge on any atom is 0.266 e. The predicted octanol–water partition coefficient (Wildman–Crippen LogP) is 5.40. The zero-order valence-corrected chi connectivity index (χ0v) is 18.6. The first-order valence-corrected chi connectivity index (χ1v) is 10.1. The monoisotopic (exact) mass is 540 g/mol. The molecule has 1 N–H and O–H groups in total. The number of benzene rings is 2. The molecular formula is C20H18BrIN2O3. The number of halogens is 2. The molecule has 0 aliphatic heterocycles. The van der Waals surface area contributed by atoms with Crippen LogP contribution in [0, 0.1) is 14.9 Å². The van der Waals surface area contributed by atoms with Crippen molar-refractivity contribution in [3.8, 4) is 17.6 Å². The maximum absolute atomic E-state index is 12.4. The molecule has 27 heavy (non-hydrogen) atoms. The van der Waals surface area contributed by atoms with E-state index in [4.69, 9.17) is 9.47 Å². The zero-order valence-electron chi connectivity index (χ0n) is 14.9. The molecule has 0 fully saturated rings. The number of rotatable bonds is 7. The third-order valence-electron chi connectivity index (χ3n) is 3.41. The molecule has 0 aliphatic rings. The van der Waals surface area contributed by atoms with Gasteiger partial charge in [0.05, 0.1) is 21.3 Å². The molecule has 0 spiro atoms. The van der Waals surface area contributed by atoms with Crippen molar-refractivity contribution in [2.75, 3.05) is 18.5 Å². The molecule has 0 aliphatic carbocycles. The summed E-state index contributed by atoms with van der Waals surface area (Å²) in [6.07, 6.45) is 1.55. The van der Waals surface area contributed by atoms with Gasteiger partial charge in [-0.05, 0) is 100 Å². The molecule has 0 aromatic heterocycles. The van der Waals surface area contributed by atoms with Crippen LogP contribution in [-0.4, -0.2) is 19.1 Å². The third-order valence-corrected chi connectivity index (χ3v) is 4.80. The largest absolute Gasteiger partial charge is 0.494 e. The number of hydrogen-bond acceptors (Lipinski definition) is 4. The van der Waals surface area contributed by atoms with E-state index in [9.17, 15) is 10.1 Å². The van der Waals surface area contributed by atoms with Crippen LogP contribution in [0.5, 0.6) is 11.5 Å². The molecule has 0 unspecified atom stereocenters. The molecule has 0 radical (unpaired) electrons. The second-order valence-corrected chi connectivity index (χ2v) is 7.34. The summed E-state index contributed by atoms with van der Waals surface area (Å²) in [6.45, 7) is 4.94. The normalized spacial score (nSPS) is 10.9. The van der Waals surface area contributed by atoms with Crippen molar-refractivity contribution in [3.63, 3.8) is 0 Å². The van der Waals surface area contributed by atoms with Crippen LogP contribution in [0.3, 0.4) is 0 Å². The SMILES string of the molecule is CCOc1ccc(NC(=O)/C(C#N)=C\c2cc(Br)c(OCC)c(I)c2)cc1. The molecule has 140 valence electrons. The zero-order chi connectivity index (χ0) is 19.8. The molecule has 2 aromatic carbocycles. The van der Waals surface area contributed by atoms with E-state index >= 15 is 0 Å². The van der Waals surface area contributed by atoms with Crippen molar-refractivity contribution >= 4 is 56.2 Å². The van der Waals surface area contributed by atoms with Gasteiger partial charge in [-0.15, -0.1) is 0 Å². The highest BCUT2D eigenvalue weighted by Gasteiger charge is 2.12. The highest BCUT2D eigenvalue weighted by Crippen LogP contribution is 2.32. The van der Waals surface area contributed by atoms with E-state index in [2.05, 4.69) is 43.8 Å². The molecule has 0 heterocycles. The molecule has 0 bridgehead atoms. The van der Waals surface area contributed by atoms with E-state index < -0.39 is 5.91 Å². The van der Waals surface area contributed by atoms with Crippen LogP contribution < -0.4 is 14.8 Å². The van der Waals surface area contributed by atoms with Crippen molar-refractivity contribution < 1.29 is 14.3 Å². The van der Waals surface area contributed by atoms with Gasteiger partial charge in [-0.1, -0.05) is 0 Å². The van der Waals surface area contributed by atoms with Crippen LogP contribution in [0.2, 0.25) is 0 Å². The van der Waals surface area contributed by atoms with Crippen LogP contribution in [0.25, 0.3) is 6.08 Å². The van der Waals surface area contributed by atoms with Crippen LogP contribution >= 0.6 is 38.5 Å². The lowest BCUT2D eigenvalue weighted by Crippen LogP contribution is -2.13. The van der Waals surface area contributed by atoms with Gasteiger partial charge in [0.1, 0.15) is 23.1 Å². The molecule has 2 rings (SSSR count). The Morgan fingerprint density at radius 2 is 1.89 bits per heavy atom. The lowest BCUT2D eigenvalue weighted by atomic mass is 10.1. The van der Waals surface area contributed by atoms with E-state index in [-0.39, 0.29) is 5.57 Å². The van der Waals surface area contributed by atoms with Gasteiger partial charge in [0.2, 0.25) is 0 Å². The summed E-state index contributed by atoms with van der Waals surface area (Å²) in [5, 5.41) is 12.1. The van der Waals surface area contributed by atoms with Gasteiger partial charge < -0.3 is 14.8 Å². The molecule has 7 heteroatoms. The molecule has 5 nitrogen and oxygen atoms in total. The van der Waals surface area contributed by atoms with Gasteiger partial charge in [0.15, 0.2) is 0 Å². The fraction of sp³-hybridized carbons (Fsp3) is 0.200. The van der Waals surface area contributed by atoms with Gasteiger partial charge in [-0.3, -0.25) is 4.79 Å². The second-order valence-electron chi connectivity index (χ2n) is 5.33. The Morgan fingerprint density at radius 3 is 2.44 bits per heavy atom. The van der Waals surface area contributed by atoms with Crippen molar-refractivity contribution in [2.45, 2.75) is 13.8 Å². The Labute approximate surface area is 180 Å². The highest BCUT2D eigenvalue weighted by atomic mass is 127. The van der Waals surface area contributed by atoms with Gasteiger partial charge >= 0.3 is 0 Å². The average Bonchev–Trinajstić information content (AvgIpc) is 2.64. The number of amides is 1. The third kappa shape index (κ3) is 5.97. The summed E-state index contributed by atoms with van der Waals surface area (Å²) in [4.78, 5) is 12.4. The number of nitrogens with one attached hydrogen (secondary N) is 1. The van der Waals surface area contributed by atoms with Crippen molar-refractivity contribution in [3.05, 3.63) is 55.6 Å². The summed E-state index contributed by atoms with van der Waals surface area (Å²) in [5.41, 5.74) is 1.33. The fourth-order valence-corrected chi connectivity index (χ4v) is 4.03. The maximum atomic E-state index is 12.4. The first kappa shape index (κ1) is 21.3.